The first-order chi connectivity index (χ1) is 7.76. The summed E-state index contributed by atoms with van der Waals surface area (Å²) in [4.78, 5) is 3.91. The Morgan fingerprint density at radius 3 is 2.75 bits per heavy atom. The van der Waals surface area contributed by atoms with Crippen LogP contribution in [0.2, 0.25) is 0 Å². The largest absolute Gasteiger partial charge is 0.290 e. The SMILES string of the molecule is Cc1ccc(C#N)c(-n2ccnc2C#N)c1. The van der Waals surface area contributed by atoms with E-state index < -0.39 is 0 Å². The van der Waals surface area contributed by atoms with Gasteiger partial charge in [0.15, 0.2) is 0 Å². The lowest BCUT2D eigenvalue weighted by Gasteiger charge is -2.06. The number of imidazole rings is 1. The maximum atomic E-state index is 9.01. The van der Waals surface area contributed by atoms with Crippen molar-refractivity contribution in [1.82, 2.24) is 9.55 Å². The van der Waals surface area contributed by atoms with Gasteiger partial charge in [-0.25, -0.2) is 4.98 Å². The van der Waals surface area contributed by atoms with Crippen molar-refractivity contribution in [2.75, 3.05) is 0 Å². The maximum absolute atomic E-state index is 9.01. The minimum atomic E-state index is 0.280. The van der Waals surface area contributed by atoms with Gasteiger partial charge < -0.3 is 0 Å². The molecular formula is C12H8N4. The van der Waals surface area contributed by atoms with E-state index in [4.69, 9.17) is 10.5 Å². The third-order valence-corrected chi connectivity index (χ3v) is 2.27. The van der Waals surface area contributed by atoms with Crippen molar-refractivity contribution in [3.8, 4) is 17.8 Å². The lowest BCUT2D eigenvalue weighted by atomic mass is 10.1. The molecule has 2 aromatic rings. The summed E-state index contributed by atoms with van der Waals surface area (Å²) in [6.07, 6.45) is 3.22. The molecule has 1 heterocycles. The van der Waals surface area contributed by atoms with Crippen molar-refractivity contribution in [2.45, 2.75) is 6.92 Å². The Hall–Kier alpha value is -2.59. The van der Waals surface area contributed by atoms with E-state index in [1.54, 1.807) is 23.0 Å². The van der Waals surface area contributed by atoms with E-state index in [-0.39, 0.29) is 5.82 Å². The zero-order valence-corrected chi connectivity index (χ0v) is 8.68. The van der Waals surface area contributed by atoms with Crippen LogP contribution in [0.3, 0.4) is 0 Å². The van der Waals surface area contributed by atoms with Crippen LogP contribution in [0.25, 0.3) is 5.69 Å². The van der Waals surface area contributed by atoms with Gasteiger partial charge in [0.1, 0.15) is 12.1 Å². The summed E-state index contributed by atoms with van der Waals surface area (Å²) in [6.45, 7) is 1.94. The van der Waals surface area contributed by atoms with E-state index in [1.807, 2.05) is 25.1 Å². The number of nitrogens with zero attached hydrogens (tertiary/aromatic N) is 4. The van der Waals surface area contributed by atoms with E-state index >= 15 is 0 Å². The Bertz CT molecular complexity index is 611. The summed E-state index contributed by atoms with van der Waals surface area (Å²) in [5.41, 5.74) is 2.25. The monoisotopic (exact) mass is 208 g/mol. The van der Waals surface area contributed by atoms with Gasteiger partial charge in [0, 0.05) is 12.4 Å². The van der Waals surface area contributed by atoms with Crippen LogP contribution in [0.5, 0.6) is 0 Å². The standard InChI is InChI=1S/C12H8N4/c1-9-2-3-10(7-13)11(6-9)16-5-4-15-12(16)8-14/h2-6H,1H3. The first kappa shape index (κ1) is 9.95. The Labute approximate surface area is 93.0 Å². The van der Waals surface area contributed by atoms with Gasteiger partial charge in [-0.2, -0.15) is 10.5 Å². The second-order valence-electron chi connectivity index (χ2n) is 3.37. The number of hydrogen-bond donors (Lipinski definition) is 0. The normalized spacial score (nSPS) is 9.44. The molecule has 0 radical (unpaired) electrons. The predicted octanol–water partition coefficient (Wildman–Crippen LogP) is 1.92. The molecule has 1 aromatic heterocycles. The molecule has 2 rings (SSSR count). The van der Waals surface area contributed by atoms with Gasteiger partial charge in [0.05, 0.1) is 11.3 Å². The van der Waals surface area contributed by atoms with Gasteiger partial charge in [-0.05, 0) is 24.6 Å². The van der Waals surface area contributed by atoms with Crippen molar-refractivity contribution >= 4 is 0 Å². The van der Waals surface area contributed by atoms with Gasteiger partial charge >= 0.3 is 0 Å². The van der Waals surface area contributed by atoms with E-state index in [0.717, 1.165) is 5.56 Å². The van der Waals surface area contributed by atoms with Gasteiger partial charge in [-0.15, -0.1) is 0 Å². The topological polar surface area (TPSA) is 65.4 Å². The zero-order chi connectivity index (χ0) is 11.5. The fourth-order valence-electron chi connectivity index (χ4n) is 1.52. The number of nitriles is 2. The van der Waals surface area contributed by atoms with E-state index in [0.29, 0.717) is 11.3 Å². The van der Waals surface area contributed by atoms with Crippen LogP contribution in [0.15, 0.2) is 30.6 Å². The molecule has 0 fully saturated rings. The smallest absolute Gasteiger partial charge is 0.217 e. The number of benzene rings is 1. The first-order valence-electron chi connectivity index (χ1n) is 4.71. The quantitative estimate of drug-likeness (QED) is 0.719. The first-order valence-corrected chi connectivity index (χ1v) is 4.71. The Kier molecular flexibility index (Phi) is 2.41. The van der Waals surface area contributed by atoms with E-state index in [9.17, 15) is 0 Å². The molecule has 0 bridgehead atoms. The average molecular weight is 208 g/mol. The molecule has 4 nitrogen and oxygen atoms in total. The van der Waals surface area contributed by atoms with Crippen LogP contribution < -0.4 is 0 Å². The van der Waals surface area contributed by atoms with Gasteiger partial charge in [-0.3, -0.25) is 4.57 Å². The highest BCUT2D eigenvalue weighted by atomic mass is 15.1. The third kappa shape index (κ3) is 1.53. The lowest BCUT2D eigenvalue weighted by Crippen LogP contribution is -2.00. The number of hydrogen-bond acceptors (Lipinski definition) is 3. The van der Waals surface area contributed by atoms with Crippen LogP contribution in [0.4, 0.5) is 0 Å². The minimum absolute atomic E-state index is 0.280. The second-order valence-corrected chi connectivity index (χ2v) is 3.37. The lowest BCUT2D eigenvalue weighted by molar-refractivity contribution is 1.01. The molecular weight excluding hydrogens is 200 g/mol. The van der Waals surface area contributed by atoms with Crippen LogP contribution in [0.1, 0.15) is 17.0 Å². The van der Waals surface area contributed by atoms with Crippen molar-refractivity contribution in [1.29, 1.82) is 10.5 Å². The molecule has 0 amide bonds. The van der Waals surface area contributed by atoms with Crippen LogP contribution >= 0.6 is 0 Å². The molecule has 0 aliphatic carbocycles. The molecule has 0 saturated carbocycles. The molecule has 0 N–H and O–H groups in total. The number of aromatic nitrogens is 2. The molecule has 0 aliphatic heterocycles. The Morgan fingerprint density at radius 1 is 1.25 bits per heavy atom. The minimum Gasteiger partial charge on any atom is -0.290 e. The van der Waals surface area contributed by atoms with Crippen LogP contribution in [-0.2, 0) is 0 Å². The predicted molar refractivity (Wildman–Crippen MR) is 57.7 cm³/mol. The fraction of sp³-hybridized carbons (Fsp3) is 0.0833. The van der Waals surface area contributed by atoms with Crippen molar-refractivity contribution in [2.24, 2.45) is 0 Å². The molecule has 0 saturated heterocycles. The summed E-state index contributed by atoms with van der Waals surface area (Å²) in [7, 11) is 0. The molecule has 0 spiro atoms. The highest BCUT2D eigenvalue weighted by molar-refractivity contribution is 5.52. The van der Waals surface area contributed by atoms with Gasteiger partial charge in [-0.1, -0.05) is 6.07 Å². The number of rotatable bonds is 1. The highest BCUT2D eigenvalue weighted by Gasteiger charge is 2.08. The van der Waals surface area contributed by atoms with Crippen molar-refractivity contribution in [3.05, 3.63) is 47.5 Å². The second kappa shape index (κ2) is 3.88. The van der Waals surface area contributed by atoms with Crippen molar-refractivity contribution < 1.29 is 0 Å². The fourth-order valence-corrected chi connectivity index (χ4v) is 1.52. The Balaban J connectivity index is 2.70. The zero-order valence-electron chi connectivity index (χ0n) is 8.68. The van der Waals surface area contributed by atoms with Crippen molar-refractivity contribution in [3.63, 3.8) is 0 Å². The summed E-state index contributed by atoms with van der Waals surface area (Å²) in [6, 6.07) is 9.56. The molecule has 0 atom stereocenters. The van der Waals surface area contributed by atoms with Gasteiger partial charge in [0.25, 0.3) is 0 Å². The van der Waals surface area contributed by atoms with Gasteiger partial charge in [0.2, 0.25) is 5.82 Å². The third-order valence-electron chi connectivity index (χ3n) is 2.27. The van der Waals surface area contributed by atoms with E-state index in [1.165, 1.54) is 0 Å². The highest BCUT2D eigenvalue weighted by Crippen LogP contribution is 2.17. The summed E-state index contributed by atoms with van der Waals surface area (Å²) in [5, 5.41) is 17.9. The number of aryl methyl sites for hydroxylation is 1. The molecule has 1 aromatic carbocycles. The molecule has 76 valence electrons. The molecule has 0 aliphatic rings. The average Bonchev–Trinajstić information content (AvgIpc) is 2.76. The van der Waals surface area contributed by atoms with Crippen LogP contribution in [0, 0.1) is 29.6 Å². The summed E-state index contributed by atoms with van der Waals surface area (Å²) >= 11 is 0. The molecule has 0 unspecified atom stereocenters. The van der Waals surface area contributed by atoms with Crippen LogP contribution in [-0.4, -0.2) is 9.55 Å². The summed E-state index contributed by atoms with van der Waals surface area (Å²) in [5.74, 6) is 0.280. The Morgan fingerprint density at radius 2 is 2.06 bits per heavy atom. The molecule has 16 heavy (non-hydrogen) atoms. The summed E-state index contributed by atoms with van der Waals surface area (Å²) < 4.78 is 1.62. The molecule has 4 heteroatoms. The van der Waals surface area contributed by atoms with E-state index in [2.05, 4.69) is 11.1 Å². The maximum Gasteiger partial charge on any atom is 0.217 e.